The van der Waals surface area contributed by atoms with Gasteiger partial charge in [0.1, 0.15) is 0 Å². The van der Waals surface area contributed by atoms with Gasteiger partial charge in [-0.2, -0.15) is 5.10 Å². The average molecular weight is 289 g/mol. The summed E-state index contributed by atoms with van der Waals surface area (Å²) in [6.45, 7) is 3.81. The van der Waals surface area contributed by atoms with Crippen LogP contribution in [0.25, 0.3) is 0 Å². The van der Waals surface area contributed by atoms with Crippen LogP contribution in [0.4, 0.5) is 5.69 Å². The van der Waals surface area contributed by atoms with E-state index in [0.29, 0.717) is 0 Å². The number of nitrogens with zero attached hydrogens (tertiary/aromatic N) is 1. The highest BCUT2D eigenvalue weighted by Gasteiger charge is 2.18. The molecule has 2 heterocycles. The van der Waals surface area contributed by atoms with Crippen LogP contribution in [0, 0.1) is 13.8 Å². The second kappa shape index (κ2) is 5.40. The Balaban J connectivity index is 1.81. The largest absolute Gasteiger partial charge is 0.318 e. The normalized spacial score (nSPS) is 14.7. The van der Waals surface area contributed by atoms with Crippen molar-refractivity contribution >= 4 is 22.9 Å². The van der Waals surface area contributed by atoms with Gasteiger partial charge in [0.25, 0.3) is 5.91 Å². The monoisotopic (exact) mass is 289 g/mol. The summed E-state index contributed by atoms with van der Waals surface area (Å²) in [7, 11) is 0. The number of hydrogen-bond acceptors (Lipinski definition) is 3. The molecule has 0 spiro atoms. The number of rotatable bonds is 2. The van der Waals surface area contributed by atoms with Gasteiger partial charge in [-0.15, -0.1) is 11.3 Å². The van der Waals surface area contributed by atoms with Gasteiger partial charge in [0, 0.05) is 4.88 Å². The maximum absolute atomic E-state index is 12.4. The van der Waals surface area contributed by atoms with E-state index in [-0.39, 0.29) is 5.91 Å². The highest BCUT2D eigenvalue weighted by atomic mass is 32.1. The second-order valence-electron chi connectivity index (χ2n) is 5.38. The SMILES string of the molecule is Cc1n[nH]c(C)c1NC(=O)c1cc2c(s1)CCCCC2. The molecule has 0 saturated heterocycles. The van der Waals surface area contributed by atoms with Gasteiger partial charge in [-0.3, -0.25) is 9.89 Å². The molecule has 20 heavy (non-hydrogen) atoms. The molecule has 0 atom stereocenters. The van der Waals surface area contributed by atoms with Crippen molar-refractivity contribution in [3.8, 4) is 0 Å². The third kappa shape index (κ3) is 2.50. The molecule has 106 valence electrons. The lowest BCUT2D eigenvalue weighted by atomic mass is 10.1. The molecule has 3 rings (SSSR count). The van der Waals surface area contributed by atoms with Crippen LogP contribution in [0.5, 0.6) is 0 Å². The van der Waals surface area contributed by atoms with Crippen molar-refractivity contribution in [2.75, 3.05) is 5.32 Å². The third-order valence-electron chi connectivity index (χ3n) is 3.84. The van der Waals surface area contributed by atoms with Gasteiger partial charge in [0.2, 0.25) is 0 Å². The van der Waals surface area contributed by atoms with Crippen molar-refractivity contribution in [3.63, 3.8) is 0 Å². The topological polar surface area (TPSA) is 57.8 Å². The van der Waals surface area contributed by atoms with E-state index in [1.807, 2.05) is 13.8 Å². The van der Waals surface area contributed by atoms with E-state index in [9.17, 15) is 4.79 Å². The molecule has 0 aromatic carbocycles. The van der Waals surface area contributed by atoms with Gasteiger partial charge >= 0.3 is 0 Å². The van der Waals surface area contributed by atoms with E-state index in [2.05, 4.69) is 21.6 Å². The summed E-state index contributed by atoms with van der Waals surface area (Å²) >= 11 is 1.65. The molecule has 0 radical (unpaired) electrons. The number of nitrogens with one attached hydrogen (secondary N) is 2. The molecular formula is C15H19N3OS. The molecule has 2 N–H and O–H groups in total. The number of aromatic amines is 1. The van der Waals surface area contributed by atoms with Crippen LogP contribution in [0.15, 0.2) is 6.07 Å². The third-order valence-corrected chi connectivity index (χ3v) is 5.07. The average Bonchev–Trinajstić information content (AvgIpc) is 2.89. The number of aromatic nitrogens is 2. The van der Waals surface area contributed by atoms with E-state index in [1.165, 1.54) is 29.7 Å². The zero-order valence-electron chi connectivity index (χ0n) is 11.9. The van der Waals surface area contributed by atoms with Crippen LogP contribution < -0.4 is 5.32 Å². The summed E-state index contributed by atoms with van der Waals surface area (Å²) in [6.07, 6.45) is 6.02. The molecule has 2 aromatic heterocycles. The zero-order valence-corrected chi connectivity index (χ0v) is 12.7. The Morgan fingerprint density at radius 3 is 2.85 bits per heavy atom. The van der Waals surface area contributed by atoms with Crippen LogP contribution in [0.3, 0.4) is 0 Å². The molecule has 5 heteroatoms. The fraction of sp³-hybridized carbons (Fsp3) is 0.467. The molecule has 0 fully saturated rings. The molecule has 0 unspecified atom stereocenters. The smallest absolute Gasteiger partial charge is 0.265 e. The van der Waals surface area contributed by atoms with Gasteiger partial charge in [-0.1, -0.05) is 6.42 Å². The standard InChI is InChI=1S/C15H19N3OS/c1-9-14(10(2)18-17-9)16-15(19)13-8-11-6-4-3-5-7-12(11)20-13/h8H,3-7H2,1-2H3,(H,16,19)(H,17,18). The summed E-state index contributed by atoms with van der Waals surface area (Å²) in [5.74, 6) is -0.0179. The summed E-state index contributed by atoms with van der Waals surface area (Å²) in [5.41, 5.74) is 3.90. The summed E-state index contributed by atoms with van der Waals surface area (Å²) in [6, 6.07) is 2.07. The van der Waals surface area contributed by atoms with Gasteiger partial charge < -0.3 is 5.32 Å². The lowest BCUT2D eigenvalue weighted by Gasteiger charge is -2.03. The van der Waals surface area contributed by atoms with E-state index >= 15 is 0 Å². The zero-order chi connectivity index (χ0) is 14.1. The molecule has 1 amide bonds. The number of fused-ring (bicyclic) bond motifs is 1. The molecule has 0 bridgehead atoms. The Kier molecular flexibility index (Phi) is 3.61. The lowest BCUT2D eigenvalue weighted by molar-refractivity contribution is 0.103. The number of carbonyl (C=O) groups is 1. The number of thiophene rings is 1. The minimum absolute atomic E-state index is 0.0179. The molecule has 1 aliphatic rings. The number of hydrogen-bond donors (Lipinski definition) is 2. The number of carbonyl (C=O) groups excluding carboxylic acids is 1. The first-order valence-corrected chi connectivity index (χ1v) is 7.91. The predicted molar refractivity (Wildman–Crippen MR) is 81.6 cm³/mol. The van der Waals surface area contributed by atoms with Gasteiger partial charge in [0.05, 0.1) is 22.0 Å². The van der Waals surface area contributed by atoms with E-state index < -0.39 is 0 Å². The fourth-order valence-electron chi connectivity index (χ4n) is 2.69. The Bertz CT molecular complexity index is 599. The number of H-pyrrole nitrogens is 1. The fourth-order valence-corrected chi connectivity index (χ4v) is 3.84. The van der Waals surface area contributed by atoms with Crippen molar-refractivity contribution in [1.82, 2.24) is 10.2 Å². The number of amides is 1. The Morgan fingerprint density at radius 2 is 2.10 bits per heavy atom. The van der Waals surface area contributed by atoms with Crippen molar-refractivity contribution in [1.29, 1.82) is 0 Å². The summed E-state index contributed by atoms with van der Waals surface area (Å²) in [4.78, 5) is 14.6. The van der Waals surface area contributed by atoms with E-state index in [4.69, 9.17) is 0 Å². The molecule has 4 nitrogen and oxygen atoms in total. The Hall–Kier alpha value is -1.62. The van der Waals surface area contributed by atoms with E-state index in [1.54, 1.807) is 11.3 Å². The van der Waals surface area contributed by atoms with E-state index in [0.717, 1.165) is 34.8 Å². The van der Waals surface area contributed by atoms with Crippen molar-refractivity contribution < 1.29 is 4.79 Å². The van der Waals surface area contributed by atoms with Crippen LogP contribution in [-0.4, -0.2) is 16.1 Å². The first kappa shape index (κ1) is 13.4. The number of aryl methyl sites for hydroxylation is 4. The lowest BCUT2D eigenvalue weighted by Crippen LogP contribution is -2.11. The maximum atomic E-state index is 12.4. The summed E-state index contributed by atoms with van der Waals surface area (Å²) < 4.78 is 0. The van der Waals surface area contributed by atoms with Gasteiger partial charge in [-0.25, -0.2) is 0 Å². The molecular weight excluding hydrogens is 270 g/mol. The highest BCUT2D eigenvalue weighted by molar-refractivity contribution is 7.14. The summed E-state index contributed by atoms with van der Waals surface area (Å²) in [5, 5.41) is 9.97. The van der Waals surface area contributed by atoms with Crippen molar-refractivity contribution in [2.45, 2.75) is 46.0 Å². The minimum Gasteiger partial charge on any atom is -0.318 e. The van der Waals surface area contributed by atoms with Crippen molar-refractivity contribution in [2.24, 2.45) is 0 Å². The minimum atomic E-state index is -0.0179. The maximum Gasteiger partial charge on any atom is 0.265 e. The quantitative estimate of drug-likeness (QED) is 0.830. The molecule has 0 aliphatic heterocycles. The van der Waals surface area contributed by atoms with Crippen LogP contribution in [-0.2, 0) is 12.8 Å². The van der Waals surface area contributed by atoms with Crippen LogP contribution >= 0.6 is 11.3 Å². The van der Waals surface area contributed by atoms with Crippen molar-refractivity contribution in [3.05, 3.63) is 32.8 Å². The molecule has 0 saturated carbocycles. The number of anilines is 1. The van der Waals surface area contributed by atoms with Gasteiger partial charge in [-0.05, 0) is 51.2 Å². The first-order valence-electron chi connectivity index (χ1n) is 7.09. The predicted octanol–water partition coefficient (Wildman–Crippen LogP) is 3.61. The molecule has 1 aliphatic carbocycles. The highest BCUT2D eigenvalue weighted by Crippen LogP contribution is 2.29. The first-order chi connectivity index (χ1) is 9.65. The molecule has 2 aromatic rings. The van der Waals surface area contributed by atoms with Crippen LogP contribution in [0.1, 0.15) is 50.8 Å². The second-order valence-corrected chi connectivity index (χ2v) is 6.52. The Labute approximate surface area is 122 Å². The Morgan fingerprint density at radius 1 is 1.30 bits per heavy atom. The van der Waals surface area contributed by atoms with Crippen LogP contribution in [0.2, 0.25) is 0 Å². The van der Waals surface area contributed by atoms with Gasteiger partial charge in [0.15, 0.2) is 0 Å².